The third-order valence-corrected chi connectivity index (χ3v) is 3.59. The maximum atomic E-state index is 12.5. The van der Waals surface area contributed by atoms with Gasteiger partial charge in [0.2, 0.25) is 5.91 Å². The van der Waals surface area contributed by atoms with E-state index in [1.165, 1.54) is 0 Å². The monoisotopic (exact) mass is 320 g/mol. The zero-order valence-electron chi connectivity index (χ0n) is 14.4. The number of hydrogen-bond donors (Lipinski definition) is 3. The number of amides is 2. The predicted octanol–water partition coefficient (Wildman–Crippen LogP) is 1.96. The summed E-state index contributed by atoms with van der Waals surface area (Å²) in [6, 6.07) is 7.88. The van der Waals surface area contributed by atoms with E-state index in [4.69, 9.17) is 0 Å². The molecule has 5 heteroatoms. The lowest BCUT2D eigenvalue weighted by atomic mass is 10.0. The Hall–Kier alpha value is -1.88. The van der Waals surface area contributed by atoms with Crippen LogP contribution >= 0.6 is 0 Å². The van der Waals surface area contributed by atoms with Gasteiger partial charge in [0, 0.05) is 5.56 Å². The average molecular weight is 320 g/mol. The summed E-state index contributed by atoms with van der Waals surface area (Å²) in [6.07, 6.45) is 0.694. The van der Waals surface area contributed by atoms with Crippen molar-refractivity contribution in [2.75, 3.05) is 6.61 Å². The molecule has 2 atom stereocenters. The number of nitrogens with one attached hydrogen (secondary N) is 2. The molecule has 1 aromatic rings. The number of carbonyl (C=O) groups is 2. The molecule has 2 amide bonds. The maximum Gasteiger partial charge on any atom is 0.251 e. The first kappa shape index (κ1) is 19.2. The minimum atomic E-state index is -0.635. The van der Waals surface area contributed by atoms with E-state index in [0.717, 1.165) is 0 Å². The van der Waals surface area contributed by atoms with Crippen molar-refractivity contribution in [3.8, 4) is 0 Å². The van der Waals surface area contributed by atoms with Crippen molar-refractivity contribution in [3.05, 3.63) is 35.9 Å². The van der Waals surface area contributed by atoms with Gasteiger partial charge in [0.1, 0.15) is 6.04 Å². The highest BCUT2D eigenvalue weighted by Gasteiger charge is 2.26. The Bertz CT molecular complexity index is 500. The van der Waals surface area contributed by atoms with E-state index < -0.39 is 6.04 Å². The average Bonchev–Trinajstić information content (AvgIpc) is 2.51. The lowest BCUT2D eigenvalue weighted by molar-refractivity contribution is -0.125. The third-order valence-electron chi connectivity index (χ3n) is 3.59. The normalized spacial score (nSPS) is 13.7. The highest BCUT2D eigenvalue weighted by atomic mass is 16.3. The van der Waals surface area contributed by atoms with Crippen LogP contribution in [0.25, 0.3) is 0 Å². The fourth-order valence-corrected chi connectivity index (χ4v) is 2.39. The fourth-order valence-electron chi connectivity index (χ4n) is 2.39. The number of carbonyl (C=O) groups excluding carboxylic acids is 2. The van der Waals surface area contributed by atoms with Crippen LogP contribution in [0.1, 0.15) is 44.5 Å². The second-order valence-electron chi connectivity index (χ2n) is 6.58. The summed E-state index contributed by atoms with van der Waals surface area (Å²) in [4.78, 5) is 24.7. The van der Waals surface area contributed by atoms with Crippen LogP contribution in [0.2, 0.25) is 0 Å². The highest BCUT2D eigenvalue weighted by molar-refractivity contribution is 5.97. The van der Waals surface area contributed by atoms with Gasteiger partial charge in [-0.1, -0.05) is 45.9 Å². The molecule has 2 unspecified atom stereocenters. The number of aliphatic hydroxyl groups excluding tert-OH is 1. The molecule has 0 heterocycles. The van der Waals surface area contributed by atoms with Crippen LogP contribution < -0.4 is 10.6 Å². The Labute approximate surface area is 138 Å². The van der Waals surface area contributed by atoms with Crippen molar-refractivity contribution >= 4 is 11.8 Å². The molecule has 0 saturated carbocycles. The quantitative estimate of drug-likeness (QED) is 0.685. The topological polar surface area (TPSA) is 78.4 Å². The molecular weight excluding hydrogens is 292 g/mol. The fraction of sp³-hybridized carbons (Fsp3) is 0.556. The summed E-state index contributed by atoms with van der Waals surface area (Å²) in [6.45, 7) is 7.72. The Morgan fingerprint density at radius 3 is 2.13 bits per heavy atom. The minimum Gasteiger partial charge on any atom is -0.394 e. The van der Waals surface area contributed by atoms with Crippen LogP contribution in [0.5, 0.6) is 0 Å². The van der Waals surface area contributed by atoms with Crippen LogP contribution in [-0.2, 0) is 4.79 Å². The summed E-state index contributed by atoms with van der Waals surface area (Å²) >= 11 is 0. The third kappa shape index (κ3) is 6.40. The van der Waals surface area contributed by atoms with Crippen molar-refractivity contribution < 1.29 is 14.7 Å². The summed E-state index contributed by atoms with van der Waals surface area (Å²) in [5.74, 6) is -0.224. The molecule has 3 N–H and O–H groups in total. The number of benzene rings is 1. The Morgan fingerprint density at radius 2 is 1.65 bits per heavy atom. The molecule has 5 nitrogen and oxygen atoms in total. The maximum absolute atomic E-state index is 12.5. The summed E-state index contributed by atoms with van der Waals surface area (Å²) < 4.78 is 0. The Kier molecular flexibility index (Phi) is 7.75. The summed E-state index contributed by atoms with van der Waals surface area (Å²) in [5, 5.41) is 15.0. The van der Waals surface area contributed by atoms with E-state index >= 15 is 0 Å². The van der Waals surface area contributed by atoms with Gasteiger partial charge in [-0.05, 0) is 30.4 Å². The largest absolute Gasteiger partial charge is 0.394 e. The van der Waals surface area contributed by atoms with Gasteiger partial charge >= 0.3 is 0 Å². The SMILES string of the molecule is CC(C)CC(CO)NC(=O)C(NC(=O)c1ccccc1)C(C)C. The standard InChI is InChI=1S/C18H28N2O3/c1-12(2)10-15(11-21)19-18(23)16(13(3)4)20-17(22)14-8-6-5-7-9-14/h5-9,12-13,15-16,21H,10-11H2,1-4H3,(H,19,23)(H,20,22). The molecule has 1 rings (SSSR count). The van der Waals surface area contributed by atoms with Crippen LogP contribution in [-0.4, -0.2) is 35.6 Å². The first-order chi connectivity index (χ1) is 10.8. The molecule has 0 saturated heterocycles. The van der Waals surface area contributed by atoms with Crippen molar-refractivity contribution in [3.63, 3.8) is 0 Å². The van der Waals surface area contributed by atoms with Gasteiger partial charge in [0.05, 0.1) is 12.6 Å². The van der Waals surface area contributed by atoms with Crippen LogP contribution in [0.3, 0.4) is 0 Å². The molecule has 23 heavy (non-hydrogen) atoms. The van der Waals surface area contributed by atoms with Gasteiger partial charge in [-0.2, -0.15) is 0 Å². The van der Waals surface area contributed by atoms with Gasteiger partial charge in [-0.15, -0.1) is 0 Å². The van der Waals surface area contributed by atoms with Gasteiger partial charge in [0.15, 0.2) is 0 Å². The molecule has 0 radical (unpaired) electrons. The first-order valence-corrected chi connectivity index (χ1v) is 8.12. The number of aliphatic hydroxyl groups is 1. The molecule has 0 aliphatic heterocycles. The van der Waals surface area contributed by atoms with Crippen molar-refractivity contribution in [1.29, 1.82) is 0 Å². The van der Waals surface area contributed by atoms with Gasteiger partial charge < -0.3 is 15.7 Å². The zero-order chi connectivity index (χ0) is 17.4. The van der Waals surface area contributed by atoms with Gasteiger partial charge in [-0.3, -0.25) is 9.59 Å². The summed E-state index contributed by atoms with van der Waals surface area (Å²) in [7, 11) is 0. The number of hydrogen-bond acceptors (Lipinski definition) is 3. The van der Waals surface area contributed by atoms with E-state index in [9.17, 15) is 14.7 Å². The Morgan fingerprint density at radius 1 is 1.04 bits per heavy atom. The first-order valence-electron chi connectivity index (χ1n) is 8.12. The van der Waals surface area contributed by atoms with Crippen molar-refractivity contribution in [1.82, 2.24) is 10.6 Å². The zero-order valence-corrected chi connectivity index (χ0v) is 14.4. The molecule has 0 fully saturated rings. The molecular formula is C18H28N2O3. The number of rotatable bonds is 8. The lowest BCUT2D eigenvalue weighted by Crippen LogP contribution is -2.53. The lowest BCUT2D eigenvalue weighted by Gasteiger charge is -2.25. The predicted molar refractivity (Wildman–Crippen MR) is 91.0 cm³/mol. The van der Waals surface area contributed by atoms with Crippen LogP contribution in [0, 0.1) is 11.8 Å². The van der Waals surface area contributed by atoms with E-state index in [1.807, 2.05) is 33.8 Å². The minimum absolute atomic E-state index is 0.0546. The van der Waals surface area contributed by atoms with Crippen molar-refractivity contribution in [2.45, 2.75) is 46.2 Å². The van der Waals surface area contributed by atoms with Gasteiger partial charge in [-0.25, -0.2) is 0 Å². The highest BCUT2D eigenvalue weighted by Crippen LogP contribution is 2.08. The van der Waals surface area contributed by atoms with E-state index in [1.54, 1.807) is 24.3 Å². The summed E-state index contributed by atoms with van der Waals surface area (Å²) in [5.41, 5.74) is 0.520. The molecule has 0 aliphatic carbocycles. The second kappa shape index (κ2) is 9.30. The van der Waals surface area contributed by atoms with E-state index in [-0.39, 0.29) is 30.4 Å². The van der Waals surface area contributed by atoms with Crippen LogP contribution in [0.15, 0.2) is 30.3 Å². The van der Waals surface area contributed by atoms with E-state index in [2.05, 4.69) is 10.6 Å². The molecule has 1 aromatic carbocycles. The molecule has 0 aliphatic rings. The van der Waals surface area contributed by atoms with E-state index in [0.29, 0.717) is 17.9 Å². The van der Waals surface area contributed by atoms with Gasteiger partial charge in [0.25, 0.3) is 5.91 Å². The second-order valence-corrected chi connectivity index (χ2v) is 6.58. The molecule has 0 spiro atoms. The van der Waals surface area contributed by atoms with Crippen LogP contribution in [0.4, 0.5) is 0 Å². The smallest absolute Gasteiger partial charge is 0.251 e. The molecule has 128 valence electrons. The Balaban J connectivity index is 2.73. The molecule has 0 bridgehead atoms. The van der Waals surface area contributed by atoms with Crippen molar-refractivity contribution in [2.24, 2.45) is 11.8 Å². The molecule has 0 aromatic heterocycles.